The third kappa shape index (κ3) is 6.79. The maximum Gasteiger partial charge on any atom is 0.357 e. The van der Waals surface area contributed by atoms with Gasteiger partial charge in [0.1, 0.15) is 0 Å². The number of fused-ring (bicyclic) bond motifs is 2. The number of nitrogens with zero attached hydrogens (tertiary/aromatic N) is 5. The first-order valence-electron chi connectivity index (χ1n) is 14.8. The van der Waals surface area contributed by atoms with Gasteiger partial charge in [0.05, 0.1) is 30.5 Å². The number of benzene rings is 2. The van der Waals surface area contributed by atoms with Crippen molar-refractivity contribution in [2.75, 3.05) is 44.1 Å². The Morgan fingerprint density at radius 2 is 2.02 bits per heavy atom. The highest BCUT2D eigenvalue weighted by Crippen LogP contribution is 2.39. The number of hydrogen-bond acceptors (Lipinski definition) is 12. The van der Waals surface area contributed by atoms with Crippen molar-refractivity contribution in [3.63, 3.8) is 0 Å². The number of nitrogens with one attached hydrogen (secondary N) is 2. The molecule has 0 unspecified atom stereocenters. The van der Waals surface area contributed by atoms with E-state index in [-0.39, 0.29) is 18.1 Å². The summed E-state index contributed by atoms with van der Waals surface area (Å²) in [7, 11) is 3.14. The van der Waals surface area contributed by atoms with Gasteiger partial charge in [-0.15, -0.1) is 21.5 Å². The number of rotatable bonds is 10. The number of aromatic nitrogens is 4. The van der Waals surface area contributed by atoms with Gasteiger partial charge >= 0.3 is 5.97 Å². The monoisotopic (exact) mass is 657 g/mol. The lowest BCUT2D eigenvalue weighted by molar-refractivity contribution is 0.0593. The minimum absolute atomic E-state index is 0.160. The molecule has 5 aromatic rings. The molecule has 0 spiro atoms. The molecule has 2 N–H and O–H groups in total. The highest BCUT2D eigenvalue weighted by Gasteiger charge is 2.28. The number of carbonyl (C=O) groups is 1. The highest BCUT2D eigenvalue weighted by atomic mass is 32.1. The summed E-state index contributed by atoms with van der Waals surface area (Å²) in [5, 5.41) is 16.8. The average Bonchev–Trinajstić information content (AvgIpc) is 3.69. The number of ether oxygens (including phenoxy) is 2. The van der Waals surface area contributed by atoms with Gasteiger partial charge in [-0.25, -0.2) is 19.2 Å². The van der Waals surface area contributed by atoms with Gasteiger partial charge in [-0.2, -0.15) is 0 Å². The Kier molecular flexibility index (Phi) is 9.68. The van der Waals surface area contributed by atoms with Crippen molar-refractivity contribution in [1.82, 2.24) is 25.5 Å². The summed E-state index contributed by atoms with van der Waals surface area (Å²) >= 11 is 2.99. The van der Waals surface area contributed by atoms with Gasteiger partial charge in [-0.1, -0.05) is 35.3 Å². The lowest BCUT2D eigenvalue weighted by Gasteiger charge is -2.28. The molecule has 6 rings (SSSR count). The summed E-state index contributed by atoms with van der Waals surface area (Å²) in [5.41, 5.74) is 3.87. The fraction of sp³-hybridized carbons (Fsp3) is 0.303. The van der Waals surface area contributed by atoms with Crippen molar-refractivity contribution in [3.05, 3.63) is 75.5 Å². The van der Waals surface area contributed by atoms with Crippen LogP contribution in [0.15, 0.2) is 42.5 Å². The number of thiazole rings is 2. The van der Waals surface area contributed by atoms with Crippen LogP contribution < -0.4 is 20.3 Å². The van der Waals surface area contributed by atoms with Gasteiger partial charge in [0.15, 0.2) is 39.2 Å². The Hall–Kier alpha value is -4.64. The largest absolute Gasteiger partial charge is 0.491 e. The molecule has 0 atom stereocenters. The zero-order valence-corrected chi connectivity index (χ0v) is 27.3. The fourth-order valence-electron chi connectivity index (χ4n) is 5.14. The van der Waals surface area contributed by atoms with E-state index in [1.807, 2.05) is 36.1 Å². The van der Waals surface area contributed by atoms with Gasteiger partial charge in [-0.3, -0.25) is 0 Å². The van der Waals surface area contributed by atoms with E-state index < -0.39 is 11.8 Å². The van der Waals surface area contributed by atoms with Crippen LogP contribution in [-0.4, -0.2) is 60.0 Å². The van der Waals surface area contributed by atoms with Crippen LogP contribution >= 0.6 is 22.7 Å². The number of anilines is 4. The predicted octanol–water partition coefficient (Wildman–Crippen LogP) is 6.19. The van der Waals surface area contributed by atoms with Crippen LogP contribution in [0.4, 0.5) is 26.3 Å². The molecule has 1 aliphatic rings. The van der Waals surface area contributed by atoms with Gasteiger partial charge < -0.3 is 25.0 Å². The second kappa shape index (κ2) is 14.2. The summed E-state index contributed by atoms with van der Waals surface area (Å²) in [6, 6.07) is 12.7. The number of carbonyl (C=O) groups excluding carboxylic acids is 1. The summed E-state index contributed by atoms with van der Waals surface area (Å²) in [6.45, 7) is 3.51. The van der Waals surface area contributed by atoms with Gasteiger partial charge in [-0.05, 0) is 70.0 Å². The Labute approximate surface area is 274 Å². The summed E-state index contributed by atoms with van der Waals surface area (Å²) in [4.78, 5) is 24.9. The van der Waals surface area contributed by atoms with Crippen molar-refractivity contribution in [3.8, 4) is 17.6 Å². The van der Waals surface area contributed by atoms with Gasteiger partial charge in [0.2, 0.25) is 0 Å². The zero-order chi connectivity index (χ0) is 32.0. The first-order chi connectivity index (χ1) is 22.4. The third-order valence-corrected chi connectivity index (χ3v) is 9.53. The summed E-state index contributed by atoms with van der Waals surface area (Å²) < 4.78 is 26.4. The molecule has 1 aliphatic heterocycles. The van der Waals surface area contributed by atoms with Crippen molar-refractivity contribution < 1.29 is 18.7 Å². The zero-order valence-electron chi connectivity index (χ0n) is 25.6. The molecule has 10 nitrogen and oxygen atoms in total. The average molecular weight is 658 g/mol. The van der Waals surface area contributed by atoms with Crippen molar-refractivity contribution in [2.24, 2.45) is 0 Å². The number of hydrogen-bond donors (Lipinski definition) is 2. The van der Waals surface area contributed by atoms with Crippen molar-refractivity contribution in [1.29, 1.82) is 0 Å². The minimum atomic E-state index is -0.505. The van der Waals surface area contributed by atoms with E-state index in [1.165, 1.54) is 24.5 Å². The van der Waals surface area contributed by atoms with Crippen molar-refractivity contribution >= 4 is 60.8 Å². The molecule has 0 aliphatic carbocycles. The van der Waals surface area contributed by atoms with E-state index in [0.29, 0.717) is 42.4 Å². The summed E-state index contributed by atoms with van der Waals surface area (Å²) in [5.74, 6) is 6.40. The number of para-hydroxylation sites is 1. The lowest BCUT2D eigenvalue weighted by Crippen LogP contribution is -2.27. The van der Waals surface area contributed by atoms with Gasteiger partial charge in [0.25, 0.3) is 0 Å². The molecule has 236 valence electrons. The Morgan fingerprint density at radius 1 is 1.15 bits per heavy atom. The van der Waals surface area contributed by atoms with E-state index >= 15 is 0 Å². The fourth-order valence-corrected chi connectivity index (χ4v) is 7.12. The van der Waals surface area contributed by atoms with E-state index in [9.17, 15) is 9.18 Å². The molecule has 0 amide bonds. The molecule has 0 fully saturated rings. The standard InChI is InChI=1S/C33H32FN7O3S2/c1-20-22-10-7-17-41(30(22)40-39-29(20)38-32-36-24-11-4-5-12-26(24)45-32)33-37-28(31(42)43-3)27(46-33)13-8-18-44-25-15-14-21(19-23(25)34)9-6-16-35-2/h4-5,11-12,14-15,19,35H,7-8,10,13,16-18H2,1-3H3,(H,36,38,39). The van der Waals surface area contributed by atoms with Crippen molar-refractivity contribution in [2.45, 2.75) is 32.6 Å². The first kappa shape index (κ1) is 31.3. The Morgan fingerprint density at radius 3 is 2.83 bits per heavy atom. The maximum absolute atomic E-state index is 14.6. The minimum Gasteiger partial charge on any atom is -0.491 e. The van der Waals surface area contributed by atoms with Crippen LogP contribution in [0, 0.1) is 24.6 Å². The number of halogens is 1. The Bertz CT molecular complexity index is 1920. The molecule has 4 heterocycles. The van der Waals surface area contributed by atoms with E-state index in [0.717, 1.165) is 50.0 Å². The molecule has 0 saturated carbocycles. The molecule has 0 saturated heterocycles. The molecular weight excluding hydrogens is 626 g/mol. The van der Waals surface area contributed by atoms with Crippen LogP contribution in [0.3, 0.4) is 0 Å². The second-order valence-corrected chi connectivity index (χ2v) is 12.6. The molecule has 2 aromatic carbocycles. The smallest absolute Gasteiger partial charge is 0.357 e. The van der Waals surface area contributed by atoms with Crippen LogP contribution in [0.5, 0.6) is 5.75 Å². The molecule has 13 heteroatoms. The Balaban J connectivity index is 1.16. The lowest BCUT2D eigenvalue weighted by atomic mass is 10.0. The van der Waals surface area contributed by atoms with E-state index in [2.05, 4.69) is 37.7 Å². The maximum atomic E-state index is 14.6. The predicted molar refractivity (Wildman–Crippen MR) is 179 cm³/mol. The number of esters is 1. The topological polar surface area (TPSA) is 114 Å². The van der Waals surface area contributed by atoms with Crippen LogP contribution in [-0.2, 0) is 17.6 Å². The molecule has 46 heavy (non-hydrogen) atoms. The second-order valence-electron chi connectivity index (χ2n) is 10.5. The highest BCUT2D eigenvalue weighted by molar-refractivity contribution is 7.22. The van der Waals surface area contributed by atoms with Gasteiger partial charge in [0, 0.05) is 28.1 Å². The molecular formula is C33H32FN7O3S2. The van der Waals surface area contributed by atoms with Crippen LogP contribution in [0.25, 0.3) is 10.2 Å². The SMILES string of the molecule is CNCC#Cc1ccc(OCCCc2sc(N3CCCc4c3nnc(Nc3nc5ccccc5s3)c4C)nc2C(=O)OC)c(F)c1. The summed E-state index contributed by atoms with van der Waals surface area (Å²) in [6.07, 6.45) is 2.79. The quantitative estimate of drug-likeness (QED) is 0.102. The van der Waals surface area contributed by atoms with E-state index in [1.54, 1.807) is 30.5 Å². The van der Waals surface area contributed by atoms with Crippen LogP contribution in [0.2, 0.25) is 0 Å². The molecule has 0 bridgehead atoms. The first-order valence-corrected chi connectivity index (χ1v) is 16.5. The number of aryl methyl sites for hydroxylation is 1. The molecule has 0 radical (unpaired) electrons. The normalized spacial score (nSPS) is 12.4. The third-order valence-electron chi connectivity index (χ3n) is 7.44. The van der Waals surface area contributed by atoms with Crippen LogP contribution in [0.1, 0.15) is 44.9 Å². The van der Waals surface area contributed by atoms with E-state index in [4.69, 9.17) is 14.5 Å². The molecule has 3 aromatic heterocycles. The number of methoxy groups -OCH3 is 1.